The molecule has 0 fully saturated rings. The molecular weight excluding hydrogens is 276 g/mol. The first-order valence-corrected chi connectivity index (χ1v) is 4.39. The minimum absolute atomic E-state index is 0.276. The summed E-state index contributed by atoms with van der Waals surface area (Å²) in [5.74, 6) is -0.276. The lowest BCUT2D eigenvalue weighted by molar-refractivity contribution is 0.467. The van der Waals surface area contributed by atoms with Crippen LogP contribution in [0, 0.1) is 0 Å². The number of hydrogen-bond acceptors (Lipinski definition) is 2. The Kier molecular flexibility index (Phi) is 2.67. The van der Waals surface area contributed by atoms with E-state index in [1.54, 1.807) is 12.1 Å². The summed E-state index contributed by atoms with van der Waals surface area (Å²) in [5, 5.41) is 9.16. The van der Waals surface area contributed by atoms with E-state index in [1.807, 2.05) is 0 Å². The van der Waals surface area contributed by atoms with Gasteiger partial charge in [0.05, 0.1) is 4.47 Å². The fourth-order valence-corrected chi connectivity index (χ4v) is 1.26. The number of halogens is 2. The lowest BCUT2D eigenvalue weighted by Gasteiger charge is -1.89. The van der Waals surface area contributed by atoms with Crippen molar-refractivity contribution in [3.05, 3.63) is 37.4 Å². The summed E-state index contributed by atoms with van der Waals surface area (Å²) < 4.78 is 1.03. The van der Waals surface area contributed by atoms with Crippen molar-refractivity contribution in [1.82, 2.24) is 0 Å². The van der Waals surface area contributed by atoms with Crippen molar-refractivity contribution in [2.75, 3.05) is 0 Å². The molecule has 1 N–H and O–H groups in total. The zero-order valence-corrected chi connectivity index (χ0v) is 8.52. The van der Waals surface area contributed by atoms with Gasteiger partial charge < -0.3 is 5.11 Å². The molecule has 0 radical (unpaired) electrons. The monoisotopic (exact) mass is 278 g/mol. The van der Waals surface area contributed by atoms with E-state index < -0.39 is 5.43 Å². The van der Waals surface area contributed by atoms with Crippen LogP contribution >= 0.6 is 31.9 Å². The second-order valence-corrected chi connectivity index (χ2v) is 3.55. The van der Waals surface area contributed by atoms with Gasteiger partial charge in [-0.25, -0.2) is 0 Å². The largest absolute Gasteiger partial charge is 0.503 e. The summed E-state index contributed by atoms with van der Waals surface area (Å²) in [4.78, 5) is 10.9. The molecule has 1 rings (SSSR count). The van der Waals surface area contributed by atoms with Crippen LogP contribution < -0.4 is 5.43 Å². The van der Waals surface area contributed by atoms with Gasteiger partial charge in [-0.15, -0.1) is 0 Å². The highest BCUT2D eigenvalue weighted by molar-refractivity contribution is 9.13. The van der Waals surface area contributed by atoms with E-state index in [9.17, 15) is 4.79 Å². The third kappa shape index (κ3) is 1.81. The standard InChI is InChI=1S/C7H4Br2O2/c8-4-2-1-3-5(10)7(11)6(4)9/h1-3H,(H,10,11). The van der Waals surface area contributed by atoms with Crippen LogP contribution in [0.2, 0.25) is 0 Å². The van der Waals surface area contributed by atoms with Crippen LogP contribution in [0.5, 0.6) is 5.75 Å². The van der Waals surface area contributed by atoms with Gasteiger partial charge >= 0.3 is 0 Å². The average molecular weight is 280 g/mol. The molecule has 0 aliphatic carbocycles. The molecule has 0 saturated heterocycles. The Hall–Kier alpha value is -0.350. The lowest BCUT2D eigenvalue weighted by Crippen LogP contribution is -1.92. The molecule has 1 aromatic rings. The van der Waals surface area contributed by atoms with Crippen LogP contribution in [-0.4, -0.2) is 5.11 Å². The van der Waals surface area contributed by atoms with Gasteiger partial charge in [0.25, 0.3) is 0 Å². The molecule has 0 aromatic heterocycles. The van der Waals surface area contributed by atoms with Gasteiger partial charge in [-0.2, -0.15) is 0 Å². The molecular formula is C7H4Br2O2. The van der Waals surface area contributed by atoms with E-state index in [1.165, 1.54) is 6.07 Å². The van der Waals surface area contributed by atoms with E-state index in [2.05, 4.69) is 31.9 Å². The third-order valence-corrected chi connectivity index (χ3v) is 3.14. The molecule has 0 unspecified atom stereocenters. The molecule has 2 nitrogen and oxygen atoms in total. The Bertz CT molecular complexity index is 336. The van der Waals surface area contributed by atoms with E-state index in [0.29, 0.717) is 8.95 Å². The number of hydrogen-bond donors (Lipinski definition) is 1. The maximum atomic E-state index is 10.9. The fourth-order valence-electron chi connectivity index (χ4n) is 0.593. The lowest BCUT2D eigenvalue weighted by atomic mass is 10.5. The van der Waals surface area contributed by atoms with Crippen molar-refractivity contribution in [2.24, 2.45) is 0 Å². The second kappa shape index (κ2) is 3.36. The van der Waals surface area contributed by atoms with Crippen LogP contribution in [0.25, 0.3) is 0 Å². The Morgan fingerprint density at radius 1 is 1.27 bits per heavy atom. The molecule has 1 aromatic carbocycles. The van der Waals surface area contributed by atoms with Crippen molar-refractivity contribution in [2.45, 2.75) is 0 Å². The van der Waals surface area contributed by atoms with Gasteiger partial charge in [0.1, 0.15) is 0 Å². The smallest absolute Gasteiger partial charge is 0.221 e. The van der Waals surface area contributed by atoms with E-state index in [4.69, 9.17) is 5.11 Å². The van der Waals surface area contributed by atoms with Crippen molar-refractivity contribution in [1.29, 1.82) is 0 Å². The van der Waals surface area contributed by atoms with Gasteiger partial charge in [-0.1, -0.05) is 6.07 Å². The Balaban J connectivity index is 3.62. The molecule has 4 heteroatoms. The molecule has 0 amide bonds. The van der Waals surface area contributed by atoms with E-state index in [-0.39, 0.29) is 5.75 Å². The van der Waals surface area contributed by atoms with Crippen molar-refractivity contribution >= 4 is 31.9 Å². The fraction of sp³-hybridized carbons (Fsp3) is 0. The molecule has 0 saturated carbocycles. The normalized spacial score (nSPS) is 9.64. The molecule has 0 bridgehead atoms. The predicted octanol–water partition coefficient (Wildman–Crippen LogP) is 2.28. The molecule has 11 heavy (non-hydrogen) atoms. The SMILES string of the molecule is O=c1cccc(Br)c(Br)c1O. The Morgan fingerprint density at radius 3 is 2.55 bits per heavy atom. The van der Waals surface area contributed by atoms with Gasteiger partial charge in [0.2, 0.25) is 5.43 Å². The molecule has 0 aliphatic rings. The third-order valence-electron chi connectivity index (χ3n) is 1.14. The number of aromatic hydroxyl groups is 1. The van der Waals surface area contributed by atoms with E-state index in [0.717, 1.165) is 0 Å². The minimum Gasteiger partial charge on any atom is -0.503 e. The van der Waals surface area contributed by atoms with Crippen LogP contribution in [-0.2, 0) is 0 Å². The van der Waals surface area contributed by atoms with Crippen LogP contribution in [0.4, 0.5) is 0 Å². The second-order valence-electron chi connectivity index (χ2n) is 1.90. The van der Waals surface area contributed by atoms with Gasteiger partial charge in [-0.05, 0) is 44.0 Å². The van der Waals surface area contributed by atoms with Crippen LogP contribution in [0.3, 0.4) is 0 Å². The highest BCUT2D eigenvalue weighted by atomic mass is 79.9. The Labute approximate surface area is 80.1 Å². The molecule has 0 heterocycles. The highest BCUT2D eigenvalue weighted by Crippen LogP contribution is 2.26. The highest BCUT2D eigenvalue weighted by Gasteiger charge is 2.02. The van der Waals surface area contributed by atoms with Crippen LogP contribution in [0.15, 0.2) is 31.9 Å². The summed E-state index contributed by atoms with van der Waals surface area (Å²) in [6.07, 6.45) is 0. The van der Waals surface area contributed by atoms with Crippen molar-refractivity contribution in [3.8, 4) is 5.75 Å². The van der Waals surface area contributed by atoms with Gasteiger partial charge in [0, 0.05) is 4.47 Å². The molecule has 0 aliphatic heterocycles. The first-order valence-electron chi connectivity index (χ1n) is 2.80. The average Bonchev–Trinajstić information content (AvgIpc) is 2.07. The summed E-state index contributed by atoms with van der Waals surface area (Å²) in [7, 11) is 0. The summed E-state index contributed by atoms with van der Waals surface area (Å²) >= 11 is 6.23. The van der Waals surface area contributed by atoms with Crippen molar-refractivity contribution in [3.63, 3.8) is 0 Å². The maximum absolute atomic E-state index is 10.9. The molecule has 58 valence electrons. The van der Waals surface area contributed by atoms with Crippen molar-refractivity contribution < 1.29 is 5.11 Å². The van der Waals surface area contributed by atoms with Gasteiger partial charge in [-0.3, -0.25) is 4.79 Å². The summed E-state index contributed by atoms with van der Waals surface area (Å²) in [6.45, 7) is 0. The zero-order chi connectivity index (χ0) is 8.43. The first-order chi connectivity index (χ1) is 5.13. The van der Waals surface area contributed by atoms with Crippen LogP contribution in [0.1, 0.15) is 0 Å². The molecule has 0 spiro atoms. The predicted molar refractivity (Wildman–Crippen MR) is 49.8 cm³/mol. The van der Waals surface area contributed by atoms with E-state index >= 15 is 0 Å². The zero-order valence-electron chi connectivity index (χ0n) is 5.34. The summed E-state index contributed by atoms with van der Waals surface area (Å²) in [5.41, 5.74) is -0.400. The Morgan fingerprint density at radius 2 is 1.91 bits per heavy atom. The quantitative estimate of drug-likeness (QED) is 0.791. The molecule has 0 atom stereocenters. The van der Waals surface area contributed by atoms with Gasteiger partial charge in [0.15, 0.2) is 5.75 Å². The maximum Gasteiger partial charge on any atom is 0.221 e. The first kappa shape index (κ1) is 8.74. The topological polar surface area (TPSA) is 37.3 Å². The minimum atomic E-state index is -0.400. The summed E-state index contributed by atoms with van der Waals surface area (Å²) in [6, 6.07) is 4.53. The number of rotatable bonds is 0.